The Labute approximate surface area is 113 Å². The van der Waals surface area contributed by atoms with Gasteiger partial charge in [-0.1, -0.05) is 0 Å². The van der Waals surface area contributed by atoms with Crippen molar-refractivity contribution in [1.82, 2.24) is 20.0 Å². The molecule has 0 spiro atoms. The first-order valence-electron chi connectivity index (χ1n) is 5.53. The van der Waals surface area contributed by atoms with E-state index in [4.69, 9.17) is 5.11 Å². The van der Waals surface area contributed by atoms with Crippen LogP contribution in [0, 0.1) is 0 Å². The third-order valence-corrected chi connectivity index (χ3v) is 2.35. The number of hydrogen-bond donors (Lipinski definition) is 2. The van der Waals surface area contributed by atoms with Crippen molar-refractivity contribution in [3.63, 3.8) is 0 Å². The van der Waals surface area contributed by atoms with Gasteiger partial charge in [0.2, 0.25) is 0 Å². The molecule has 8 heteroatoms. The molecule has 0 atom stereocenters. The summed E-state index contributed by atoms with van der Waals surface area (Å²) in [5.74, 6) is -3.43. The summed E-state index contributed by atoms with van der Waals surface area (Å²) in [5.41, 5.74) is 0.931. The van der Waals surface area contributed by atoms with Crippen molar-refractivity contribution < 1.29 is 19.8 Å². The average Bonchev–Trinajstić information content (AvgIpc) is 2.88. The fourth-order valence-electron chi connectivity index (χ4n) is 1.40. The molecule has 2 aromatic rings. The van der Waals surface area contributed by atoms with E-state index in [0.29, 0.717) is 12.6 Å². The number of carbonyl (C=O) groups is 2. The predicted molar refractivity (Wildman–Crippen MR) is 66.6 cm³/mol. The van der Waals surface area contributed by atoms with Crippen molar-refractivity contribution in [2.24, 2.45) is 0 Å². The number of nitrogens with zero attached hydrogens (tertiary/aromatic N) is 4. The van der Waals surface area contributed by atoms with Gasteiger partial charge in [-0.2, -0.15) is 9.90 Å². The van der Waals surface area contributed by atoms with Gasteiger partial charge in [-0.3, -0.25) is 9.78 Å². The molecule has 0 fully saturated rings. The summed E-state index contributed by atoms with van der Waals surface area (Å²) in [6, 6.07) is 3.57. The van der Waals surface area contributed by atoms with E-state index >= 15 is 0 Å². The van der Waals surface area contributed by atoms with Gasteiger partial charge in [0.05, 0.1) is 12.7 Å². The van der Waals surface area contributed by atoms with Crippen LogP contribution in [0.5, 0.6) is 0 Å². The van der Waals surface area contributed by atoms with Gasteiger partial charge in [-0.05, 0) is 17.7 Å². The standard InChI is InChI=1S/C12H10N4O4/c17-10(5-11(18)12(19)20)9-6-14-16(15-9)7-8-1-3-13-4-2-8/h1-6,17H,7H2,(H,19,20). The molecular weight excluding hydrogens is 264 g/mol. The lowest BCUT2D eigenvalue weighted by Crippen LogP contribution is -2.09. The number of aliphatic carboxylic acids is 1. The number of aliphatic hydroxyl groups is 1. The molecule has 0 saturated heterocycles. The topological polar surface area (TPSA) is 118 Å². The maximum absolute atomic E-state index is 10.9. The van der Waals surface area contributed by atoms with Crippen LogP contribution >= 0.6 is 0 Å². The lowest BCUT2D eigenvalue weighted by molar-refractivity contribution is -0.146. The van der Waals surface area contributed by atoms with E-state index < -0.39 is 17.5 Å². The SMILES string of the molecule is O=C(O)C(=O)C=C(O)c1cnn(Cc2ccncc2)n1. The third-order valence-electron chi connectivity index (χ3n) is 2.35. The Kier molecular flexibility index (Phi) is 3.85. The molecule has 0 radical (unpaired) electrons. The second kappa shape index (κ2) is 5.74. The first-order chi connectivity index (χ1) is 9.56. The van der Waals surface area contributed by atoms with Crippen LogP contribution in [0.25, 0.3) is 5.76 Å². The fourth-order valence-corrected chi connectivity index (χ4v) is 1.40. The van der Waals surface area contributed by atoms with Crippen molar-refractivity contribution >= 4 is 17.5 Å². The summed E-state index contributed by atoms with van der Waals surface area (Å²) >= 11 is 0. The number of aliphatic hydroxyl groups excluding tert-OH is 1. The minimum absolute atomic E-state index is 0.0219. The van der Waals surface area contributed by atoms with Gasteiger partial charge in [-0.15, -0.1) is 5.10 Å². The molecule has 8 nitrogen and oxygen atoms in total. The molecular formula is C12H10N4O4. The Morgan fingerprint density at radius 1 is 1.25 bits per heavy atom. The number of carboxylic acid groups (broad SMARTS) is 1. The summed E-state index contributed by atoms with van der Waals surface area (Å²) in [6.07, 6.45) is 5.08. The van der Waals surface area contributed by atoms with Crippen molar-refractivity contribution in [2.45, 2.75) is 6.54 Å². The van der Waals surface area contributed by atoms with E-state index in [2.05, 4.69) is 15.2 Å². The molecule has 0 unspecified atom stereocenters. The van der Waals surface area contributed by atoms with E-state index in [9.17, 15) is 14.7 Å². The minimum Gasteiger partial charge on any atom is -0.505 e. The zero-order valence-electron chi connectivity index (χ0n) is 10.2. The van der Waals surface area contributed by atoms with Crippen LogP contribution in [0.15, 0.2) is 36.8 Å². The van der Waals surface area contributed by atoms with Crippen LogP contribution in [-0.2, 0) is 16.1 Å². The number of carboxylic acids is 1. The summed E-state index contributed by atoms with van der Waals surface area (Å²) in [4.78, 5) is 26.5. The predicted octanol–water partition coefficient (Wildman–Crippen LogP) is 0.274. The van der Waals surface area contributed by atoms with Gasteiger partial charge in [-0.25, -0.2) is 4.79 Å². The molecule has 2 heterocycles. The Bertz CT molecular complexity index is 663. The molecule has 0 aliphatic heterocycles. The summed E-state index contributed by atoms with van der Waals surface area (Å²) in [5, 5.41) is 25.8. The van der Waals surface area contributed by atoms with Gasteiger partial charge >= 0.3 is 5.97 Å². The first kappa shape index (κ1) is 13.4. The Balaban J connectivity index is 2.13. The van der Waals surface area contributed by atoms with Crippen LogP contribution in [0.3, 0.4) is 0 Å². The van der Waals surface area contributed by atoms with E-state index in [-0.39, 0.29) is 5.69 Å². The quantitative estimate of drug-likeness (QED) is 0.456. The normalized spacial score (nSPS) is 11.3. The fraction of sp³-hybridized carbons (Fsp3) is 0.0833. The van der Waals surface area contributed by atoms with Crippen LogP contribution in [0.1, 0.15) is 11.3 Å². The molecule has 2 aromatic heterocycles. The molecule has 0 bridgehead atoms. The minimum atomic E-state index is -1.65. The zero-order chi connectivity index (χ0) is 14.5. The lowest BCUT2D eigenvalue weighted by Gasteiger charge is -1.98. The third kappa shape index (κ3) is 3.25. The molecule has 20 heavy (non-hydrogen) atoms. The van der Waals surface area contributed by atoms with Crippen LogP contribution in [0.2, 0.25) is 0 Å². The zero-order valence-corrected chi connectivity index (χ0v) is 10.2. The number of pyridine rings is 1. The first-order valence-corrected chi connectivity index (χ1v) is 5.53. The largest absolute Gasteiger partial charge is 0.505 e. The molecule has 0 saturated carbocycles. The Morgan fingerprint density at radius 2 is 1.95 bits per heavy atom. The van der Waals surface area contributed by atoms with Gasteiger partial charge in [0.15, 0.2) is 0 Å². The van der Waals surface area contributed by atoms with Crippen LogP contribution in [0.4, 0.5) is 0 Å². The van der Waals surface area contributed by atoms with Gasteiger partial charge in [0.25, 0.3) is 5.78 Å². The van der Waals surface area contributed by atoms with E-state index in [1.807, 2.05) is 0 Å². The monoisotopic (exact) mass is 274 g/mol. The van der Waals surface area contributed by atoms with E-state index in [0.717, 1.165) is 5.56 Å². The van der Waals surface area contributed by atoms with Crippen molar-refractivity contribution in [2.75, 3.05) is 0 Å². The highest BCUT2D eigenvalue weighted by atomic mass is 16.4. The smallest absolute Gasteiger partial charge is 0.376 e. The summed E-state index contributed by atoms with van der Waals surface area (Å²) in [7, 11) is 0. The molecule has 2 N–H and O–H groups in total. The molecule has 2 rings (SSSR count). The van der Waals surface area contributed by atoms with Crippen molar-refractivity contribution in [3.05, 3.63) is 48.1 Å². The van der Waals surface area contributed by atoms with Crippen LogP contribution < -0.4 is 0 Å². The Hall–Kier alpha value is -3.03. The summed E-state index contributed by atoms with van der Waals surface area (Å²) < 4.78 is 0. The molecule has 0 aliphatic rings. The highest BCUT2D eigenvalue weighted by Crippen LogP contribution is 2.07. The number of ketones is 1. The molecule has 102 valence electrons. The number of rotatable bonds is 5. The van der Waals surface area contributed by atoms with Crippen LogP contribution in [-0.4, -0.2) is 41.9 Å². The average molecular weight is 274 g/mol. The second-order valence-corrected chi connectivity index (χ2v) is 3.81. The maximum atomic E-state index is 10.9. The molecule has 0 aliphatic carbocycles. The number of carbonyl (C=O) groups excluding carboxylic acids is 1. The number of aromatic nitrogens is 4. The highest BCUT2D eigenvalue weighted by molar-refractivity contribution is 6.38. The Morgan fingerprint density at radius 3 is 2.60 bits per heavy atom. The highest BCUT2D eigenvalue weighted by Gasteiger charge is 2.12. The van der Waals surface area contributed by atoms with Crippen molar-refractivity contribution in [3.8, 4) is 0 Å². The van der Waals surface area contributed by atoms with Crippen molar-refractivity contribution in [1.29, 1.82) is 0 Å². The van der Waals surface area contributed by atoms with Gasteiger partial charge in [0.1, 0.15) is 11.5 Å². The van der Waals surface area contributed by atoms with Gasteiger partial charge in [0, 0.05) is 18.5 Å². The maximum Gasteiger partial charge on any atom is 0.376 e. The molecule has 0 aromatic carbocycles. The van der Waals surface area contributed by atoms with E-state index in [1.54, 1.807) is 24.5 Å². The number of hydrogen-bond acceptors (Lipinski definition) is 6. The lowest BCUT2D eigenvalue weighted by atomic mass is 10.3. The van der Waals surface area contributed by atoms with E-state index in [1.165, 1.54) is 11.0 Å². The summed E-state index contributed by atoms with van der Waals surface area (Å²) in [6.45, 7) is 0.364. The second-order valence-electron chi connectivity index (χ2n) is 3.81. The molecule has 0 amide bonds. The van der Waals surface area contributed by atoms with Gasteiger partial charge < -0.3 is 10.2 Å².